The maximum atomic E-state index is 11.9. The molecule has 0 saturated carbocycles. The Balaban J connectivity index is 2.17. The van der Waals surface area contributed by atoms with Crippen molar-refractivity contribution in [3.8, 4) is 0 Å². The standard InChI is InChI=1S/C14H18BrClN2O2/c15-12-8-10(14(19)20-6-3-16)7-11(13(12)17)9-18-4-1-2-5-18/h7-8H,1-6,9,17H2. The molecule has 0 unspecified atom stereocenters. The molecular formula is C14H18BrClN2O2. The van der Waals surface area contributed by atoms with Gasteiger partial charge in [0.1, 0.15) is 6.61 Å². The molecule has 1 aromatic rings. The van der Waals surface area contributed by atoms with E-state index in [1.807, 2.05) is 6.07 Å². The number of ether oxygens (including phenoxy) is 1. The zero-order valence-electron chi connectivity index (χ0n) is 11.2. The molecule has 0 spiro atoms. The summed E-state index contributed by atoms with van der Waals surface area (Å²) in [4.78, 5) is 14.2. The van der Waals surface area contributed by atoms with Crippen LogP contribution >= 0.6 is 27.5 Å². The molecule has 0 aliphatic carbocycles. The van der Waals surface area contributed by atoms with Gasteiger partial charge in [0, 0.05) is 11.0 Å². The summed E-state index contributed by atoms with van der Waals surface area (Å²) in [5.74, 6) is -0.0725. The normalized spacial score (nSPS) is 15.5. The van der Waals surface area contributed by atoms with Crippen molar-refractivity contribution < 1.29 is 9.53 Å². The van der Waals surface area contributed by atoms with Crippen molar-refractivity contribution in [2.24, 2.45) is 0 Å². The van der Waals surface area contributed by atoms with Gasteiger partial charge in [0.25, 0.3) is 0 Å². The highest BCUT2D eigenvalue weighted by Gasteiger charge is 2.17. The molecular weight excluding hydrogens is 344 g/mol. The number of nitrogen functional groups attached to an aromatic ring is 1. The molecule has 1 saturated heterocycles. The maximum Gasteiger partial charge on any atom is 0.338 e. The highest BCUT2D eigenvalue weighted by atomic mass is 79.9. The molecule has 0 aromatic heterocycles. The fourth-order valence-corrected chi connectivity index (χ4v) is 2.90. The molecule has 1 aliphatic heterocycles. The van der Waals surface area contributed by atoms with Crippen molar-refractivity contribution in [2.45, 2.75) is 19.4 Å². The Hall–Kier alpha value is -0.780. The van der Waals surface area contributed by atoms with E-state index >= 15 is 0 Å². The Morgan fingerprint density at radius 1 is 1.40 bits per heavy atom. The van der Waals surface area contributed by atoms with Crippen LogP contribution in [0.2, 0.25) is 0 Å². The molecule has 2 N–H and O–H groups in total. The first-order valence-corrected chi connectivity index (χ1v) is 7.98. The van der Waals surface area contributed by atoms with Gasteiger partial charge in [-0.3, -0.25) is 4.90 Å². The zero-order chi connectivity index (χ0) is 14.5. The predicted octanol–water partition coefficient (Wildman–Crippen LogP) is 3.02. The van der Waals surface area contributed by atoms with Crippen LogP contribution in [0, 0.1) is 0 Å². The summed E-state index contributed by atoms with van der Waals surface area (Å²) in [7, 11) is 0. The SMILES string of the molecule is Nc1c(Br)cc(C(=O)OCCCl)cc1CN1CCCC1. The summed E-state index contributed by atoms with van der Waals surface area (Å²) in [5.41, 5.74) is 8.23. The van der Waals surface area contributed by atoms with Crippen LogP contribution in [0.15, 0.2) is 16.6 Å². The van der Waals surface area contributed by atoms with Crippen LogP contribution in [0.5, 0.6) is 0 Å². The van der Waals surface area contributed by atoms with Crippen LogP contribution in [-0.2, 0) is 11.3 Å². The quantitative estimate of drug-likeness (QED) is 0.497. The Morgan fingerprint density at radius 3 is 2.75 bits per heavy atom. The highest BCUT2D eigenvalue weighted by molar-refractivity contribution is 9.10. The number of carbonyl (C=O) groups excluding carboxylic acids is 1. The average molecular weight is 362 g/mol. The van der Waals surface area contributed by atoms with E-state index in [2.05, 4.69) is 20.8 Å². The minimum absolute atomic E-state index is 0.212. The lowest BCUT2D eigenvalue weighted by Gasteiger charge is -2.17. The molecule has 0 amide bonds. The number of anilines is 1. The van der Waals surface area contributed by atoms with Crippen molar-refractivity contribution in [1.29, 1.82) is 0 Å². The Bertz CT molecular complexity index is 490. The molecule has 6 heteroatoms. The number of nitrogens with two attached hydrogens (primary N) is 1. The molecule has 1 aromatic carbocycles. The van der Waals surface area contributed by atoms with E-state index in [9.17, 15) is 4.79 Å². The Morgan fingerprint density at radius 2 is 2.10 bits per heavy atom. The van der Waals surface area contributed by atoms with Gasteiger partial charge in [0.05, 0.1) is 17.1 Å². The number of nitrogens with zero attached hydrogens (tertiary/aromatic N) is 1. The number of hydrogen-bond donors (Lipinski definition) is 1. The lowest BCUT2D eigenvalue weighted by atomic mass is 10.1. The number of esters is 1. The van der Waals surface area contributed by atoms with E-state index in [1.165, 1.54) is 12.8 Å². The number of halogens is 2. The third-order valence-corrected chi connectivity index (χ3v) is 4.16. The fraction of sp³-hybridized carbons (Fsp3) is 0.500. The van der Waals surface area contributed by atoms with Gasteiger partial charge in [-0.15, -0.1) is 11.6 Å². The van der Waals surface area contributed by atoms with Crippen LogP contribution < -0.4 is 5.73 Å². The van der Waals surface area contributed by atoms with Crippen molar-refractivity contribution in [3.63, 3.8) is 0 Å². The first kappa shape index (κ1) is 15.6. The smallest absolute Gasteiger partial charge is 0.338 e. The predicted molar refractivity (Wildman–Crippen MR) is 84.1 cm³/mol. The second kappa shape index (κ2) is 7.29. The summed E-state index contributed by atoms with van der Waals surface area (Å²) < 4.78 is 5.78. The first-order chi connectivity index (χ1) is 9.61. The van der Waals surface area contributed by atoms with Crippen molar-refractivity contribution in [2.75, 3.05) is 31.3 Å². The molecule has 110 valence electrons. The summed E-state index contributed by atoms with van der Waals surface area (Å²) in [5, 5.41) is 0. The Labute approximate surface area is 132 Å². The van der Waals surface area contributed by atoms with E-state index in [-0.39, 0.29) is 12.6 Å². The lowest BCUT2D eigenvalue weighted by molar-refractivity contribution is 0.0529. The van der Waals surface area contributed by atoms with Gasteiger partial charge in [0.2, 0.25) is 0 Å². The highest BCUT2D eigenvalue weighted by Crippen LogP contribution is 2.28. The van der Waals surface area contributed by atoms with Gasteiger partial charge in [-0.1, -0.05) is 0 Å². The first-order valence-electron chi connectivity index (χ1n) is 6.65. The van der Waals surface area contributed by atoms with Gasteiger partial charge in [-0.25, -0.2) is 4.79 Å². The van der Waals surface area contributed by atoms with E-state index in [0.717, 1.165) is 29.7 Å². The van der Waals surface area contributed by atoms with Gasteiger partial charge in [-0.05, 0) is 59.6 Å². The van der Waals surface area contributed by atoms with Gasteiger partial charge >= 0.3 is 5.97 Å². The zero-order valence-corrected chi connectivity index (χ0v) is 13.5. The number of benzene rings is 1. The van der Waals surface area contributed by atoms with E-state index < -0.39 is 0 Å². The number of hydrogen-bond acceptors (Lipinski definition) is 4. The third kappa shape index (κ3) is 3.87. The number of rotatable bonds is 5. The minimum Gasteiger partial charge on any atom is -0.461 e. The van der Waals surface area contributed by atoms with Crippen molar-refractivity contribution in [1.82, 2.24) is 4.90 Å². The number of likely N-dealkylation sites (tertiary alicyclic amines) is 1. The lowest BCUT2D eigenvalue weighted by Crippen LogP contribution is -2.20. The topological polar surface area (TPSA) is 55.6 Å². The second-order valence-corrected chi connectivity index (χ2v) is 6.07. The van der Waals surface area contributed by atoms with Crippen molar-refractivity contribution in [3.05, 3.63) is 27.7 Å². The molecule has 0 radical (unpaired) electrons. The van der Waals surface area contributed by atoms with Gasteiger partial charge in [-0.2, -0.15) is 0 Å². The Kier molecular flexibility index (Phi) is 5.69. The number of alkyl halides is 1. The van der Waals surface area contributed by atoms with Crippen LogP contribution in [0.25, 0.3) is 0 Å². The third-order valence-electron chi connectivity index (χ3n) is 3.35. The molecule has 1 fully saturated rings. The molecule has 4 nitrogen and oxygen atoms in total. The van der Waals surface area contributed by atoms with Gasteiger partial charge in [0.15, 0.2) is 0 Å². The minimum atomic E-state index is -0.367. The van der Waals surface area contributed by atoms with Crippen molar-refractivity contribution >= 4 is 39.2 Å². The average Bonchev–Trinajstić information content (AvgIpc) is 2.93. The van der Waals surface area contributed by atoms with Crippen LogP contribution in [-0.4, -0.2) is 36.4 Å². The van der Waals surface area contributed by atoms with E-state index in [0.29, 0.717) is 17.1 Å². The largest absolute Gasteiger partial charge is 0.461 e. The van der Waals surface area contributed by atoms with Gasteiger partial charge < -0.3 is 10.5 Å². The van der Waals surface area contributed by atoms with Crippen LogP contribution in [0.3, 0.4) is 0 Å². The monoisotopic (exact) mass is 360 g/mol. The maximum absolute atomic E-state index is 11.9. The van der Waals surface area contributed by atoms with Crippen LogP contribution in [0.4, 0.5) is 5.69 Å². The summed E-state index contributed by atoms with van der Waals surface area (Å²) in [6, 6.07) is 3.51. The molecule has 1 aliphatic rings. The van der Waals surface area contributed by atoms with Crippen LogP contribution in [0.1, 0.15) is 28.8 Å². The molecule has 0 atom stereocenters. The fourth-order valence-electron chi connectivity index (χ4n) is 2.32. The number of carbonyl (C=O) groups is 1. The summed E-state index contributed by atoms with van der Waals surface area (Å²) >= 11 is 8.93. The second-order valence-electron chi connectivity index (χ2n) is 4.84. The summed E-state index contributed by atoms with van der Waals surface area (Å²) in [6.45, 7) is 3.14. The van der Waals surface area contributed by atoms with E-state index in [1.54, 1.807) is 6.07 Å². The molecule has 20 heavy (non-hydrogen) atoms. The van der Waals surface area contributed by atoms with E-state index in [4.69, 9.17) is 22.1 Å². The summed E-state index contributed by atoms with van der Waals surface area (Å²) in [6.07, 6.45) is 2.44. The molecule has 2 rings (SSSR count). The molecule has 1 heterocycles. The molecule has 0 bridgehead atoms.